The van der Waals surface area contributed by atoms with Gasteiger partial charge in [-0.1, -0.05) is 51.5 Å². The number of hydrogen-bond acceptors (Lipinski definition) is 2. The summed E-state index contributed by atoms with van der Waals surface area (Å²) in [5.41, 5.74) is 2.48. The molecule has 0 N–H and O–H groups in total. The number of carbonyl (C=O) groups is 1. The molecular formula is C19H26O2. The van der Waals surface area contributed by atoms with E-state index >= 15 is 0 Å². The van der Waals surface area contributed by atoms with Crippen LogP contribution in [0.4, 0.5) is 0 Å². The van der Waals surface area contributed by atoms with E-state index in [-0.39, 0.29) is 17.5 Å². The second kappa shape index (κ2) is 6.93. The van der Waals surface area contributed by atoms with Crippen LogP contribution in [0.2, 0.25) is 0 Å². The molecule has 2 heteroatoms. The molecule has 1 aromatic rings. The first-order chi connectivity index (χ1) is 9.95. The molecule has 1 aromatic carbocycles. The zero-order chi connectivity index (χ0) is 15.3. The predicted octanol–water partition coefficient (Wildman–Crippen LogP) is 4.87. The van der Waals surface area contributed by atoms with Crippen LogP contribution in [0.1, 0.15) is 64.0 Å². The van der Waals surface area contributed by atoms with Gasteiger partial charge in [-0.15, -0.1) is 0 Å². The van der Waals surface area contributed by atoms with Gasteiger partial charge >= 0.3 is 5.97 Å². The topological polar surface area (TPSA) is 26.3 Å². The molecule has 0 saturated heterocycles. The van der Waals surface area contributed by atoms with E-state index in [2.05, 4.69) is 32.9 Å². The van der Waals surface area contributed by atoms with E-state index in [4.69, 9.17) is 4.74 Å². The summed E-state index contributed by atoms with van der Waals surface area (Å²) in [6.07, 6.45) is 9.15. The van der Waals surface area contributed by atoms with Crippen molar-refractivity contribution in [2.75, 3.05) is 0 Å². The summed E-state index contributed by atoms with van der Waals surface area (Å²) < 4.78 is 5.47. The van der Waals surface area contributed by atoms with Crippen molar-refractivity contribution in [3.63, 3.8) is 0 Å². The molecule has 0 aromatic heterocycles. The molecule has 1 fully saturated rings. The minimum Gasteiger partial charge on any atom is -0.459 e. The Morgan fingerprint density at radius 3 is 2.29 bits per heavy atom. The van der Waals surface area contributed by atoms with Crippen molar-refractivity contribution in [3.8, 4) is 0 Å². The van der Waals surface area contributed by atoms with Crippen molar-refractivity contribution in [1.82, 2.24) is 0 Å². The highest BCUT2D eigenvalue weighted by Gasteiger charge is 2.16. The largest absolute Gasteiger partial charge is 0.459 e. The Balaban J connectivity index is 1.89. The van der Waals surface area contributed by atoms with E-state index in [1.807, 2.05) is 18.2 Å². The highest BCUT2D eigenvalue weighted by Crippen LogP contribution is 2.23. The summed E-state index contributed by atoms with van der Waals surface area (Å²) in [6, 6.07) is 8.33. The van der Waals surface area contributed by atoms with Crippen molar-refractivity contribution < 1.29 is 9.53 Å². The fraction of sp³-hybridized carbons (Fsp3) is 0.526. The average molecular weight is 286 g/mol. The number of hydrogen-bond donors (Lipinski definition) is 0. The summed E-state index contributed by atoms with van der Waals surface area (Å²) in [4.78, 5) is 11.8. The Hall–Kier alpha value is -1.57. The summed E-state index contributed by atoms with van der Waals surface area (Å²) in [6.45, 7) is 6.58. The summed E-state index contributed by atoms with van der Waals surface area (Å²) in [5.74, 6) is -0.221. The lowest BCUT2D eigenvalue weighted by atomic mass is 9.87. The smallest absolute Gasteiger partial charge is 0.331 e. The number of ether oxygens (including phenoxy) is 1. The Labute approximate surface area is 128 Å². The molecule has 114 valence electrons. The average Bonchev–Trinajstić information content (AvgIpc) is 2.46. The van der Waals surface area contributed by atoms with Crippen molar-refractivity contribution in [2.24, 2.45) is 0 Å². The van der Waals surface area contributed by atoms with Gasteiger partial charge < -0.3 is 4.74 Å². The van der Waals surface area contributed by atoms with Crippen molar-refractivity contribution in [2.45, 2.75) is 64.4 Å². The third-order valence-electron chi connectivity index (χ3n) is 4.02. The molecule has 2 nitrogen and oxygen atoms in total. The molecule has 0 heterocycles. The highest BCUT2D eigenvalue weighted by atomic mass is 16.5. The van der Waals surface area contributed by atoms with Crippen LogP contribution >= 0.6 is 0 Å². The van der Waals surface area contributed by atoms with Gasteiger partial charge in [-0.2, -0.15) is 0 Å². The molecule has 1 aliphatic rings. The molecule has 0 spiro atoms. The molecule has 0 aliphatic heterocycles. The number of rotatable bonds is 3. The molecule has 1 aliphatic carbocycles. The minimum absolute atomic E-state index is 0.124. The van der Waals surface area contributed by atoms with Crippen LogP contribution in [0.5, 0.6) is 0 Å². The number of benzene rings is 1. The maximum absolute atomic E-state index is 11.8. The van der Waals surface area contributed by atoms with Gasteiger partial charge in [0.25, 0.3) is 0 Å². The zero-order valence-electron chi connectivity index (χ0n) is 13.4. The quantitative estimate of drug-likeness (QED) is 0.585. The van der Waals surface area contributed by atoms with E-state index in [9.17, 15) is 4.79 Å². The first-order valence-corrected chi connectivity index (χ1v) is 7.94. The SMILES string of the molecule is CC(C)(C)c1ccc(C=CC(=O)OC2CCCCC2)cc1. The number of carbonyl (C=O) groups excluding carboxylic acids is 1. The maximum Gasteiger partial charge on any atom is 0.331 e. The van der Waals surface area contributed by atoms with Crippen molar-refractivity contribution >= 4 is 12.0 Å². The Morgan fingerprint density at radius 1 is 1.10 bits per heavy atom. The lowest BCUT2D eigenvalue weighted by molar-refractivity contribution is -0.144. The van der Waals surface area contributed by atoms with Gasteiger partial charge in [0, 0.05) is 6.08 Å². The number of esters is 1. The lowest BCUT2D eigenvalue weighted by Gasteiger charge is -2.21. The van der Waals surface area contributed by atoms with E-state index in [0.29, 0.717) is 0 Å². The van der Waals surface area contributed by atoms with E-state index in [1.165, 1.54) is 24.8 Å². The normalized spacial score (nSPS) is 17.1. The summed E-state index contributed by atoms with van der Waals surface area (Å²) >= 11 is 0. The fourth-order valence-electron chi connectivity index (χ4n) is 2.65. The molecule has 0 bridgehead atoms. The first kappa shape index (κ1) is 15.8. The van der Waals surface area contributed by atoms with Crippen LogP contribution < -0.4 is 0 Å². The third-order valence-corrected chi connectivity index (χ3v) is 4.02. The van der Waals surface area contributed by atoms with Crippen LogP contribution in [0, 0.1) is 0 Å². The van der Waals surface area contributed by atoms with E-state index in [1.54, 1.807) is 6.08 Å². The van der Waals surface area contributed by atoms with Gasteiger partial charge in [-0.05, 0) is 48.3 Å². The summed E-state index contributed by atoms with van der Waals surface area (Å²) in [5, 5.41) is 0. The Kier molecular flexibility index (Phi) is 5.22. The first-order valence-electron chi connectivity index (χ1n) is 7.94. The second-order valence-corrected chi connectivity index (χ2v) is 6.90. The van der Waals surface area contributed by atoms with Crippen LogP contribution in [-0.4, -0.2) is 12.1 Å². The van der Waals surface area contributed by atoms with Crippen LogP contribution in [0.3, 0.4) is 0 Å². The monoisotopic (exact) mass is 286 g/mol. The summed E-state index contributed by atoms with van der Waals surface area (Å²) in [7, 11) is 0. The van der Waals surface area contributed by atoms with Crippen molar-refractivity contribution in [3.05, 3.63) is 41.5 Å². The van der Waals surface area contributed by atoms with Gasteiger partial charge in [-0.3, -0.25) is 0 Å². The van der Waals surface area contributed by atoms with Crippen molar-refractivity contribution in [1.29, 1.82) is 0 Å². The van der Waals surface area contributed by atoms with Gasteiger partial charge in [0.05, 0.1) is 0 Å². The van der Waals surface area contributed by atoms with Gasteiger partial charge in [0.15, 0.2) is 0 Å². The molecule has 1 saturated carbocycles. The molecule has 0 unspecified atom stereocenters. The lowest BCUT2D eigenvalue weighted by Crippen LogP contribution is -2.19. The standard InChI is InChI=1S/C19H26O2/c1-19(2,3)16-12-9-15(10-13-16)11-14-18(20)21-17-7-5-4-6-8-17/h9-14,17H,4-8H2,1-3H3. The Morgan fingerprint density at radius 2 is 1.71 bits per heavy atom. The second-order valence-electron chi connectivity index (χ2n) is 6.90. The van der Waals surface area contributed by atoms with Gasteiger partial charge in [0.2, 0.25) is 0 Å². The Bertz CT molecular complexity index is 485. The minimum atomic E-state index is -0.221. The van der Waals surface area contributed by atoms with Crippen LogP contribution in [0.25, 0.3) is 6.08 Å². The molecule has 0 atom stereocenters. The van der Waals surface area contributed by atoms with Gasteiger partial charge in [-0.25, -0.2) is 4.79 Å². The predicted molar refractivity (Wildman–Crippen MR) is 87.1 cm³/mol. The molecule has 21 heavy (non-hydrogen) atoms. The maximum atomic E-state index is 11.8. The molecule has 2 rings (SSSR count). The van der Waals surface area contributed by atoms with E-state index in [0.717, 1.165) is 18.4 Å². The molecular weight excluding hydrogens is 260 g/mol. The fourth-order valence-corrected chi connectivity index (χ4v) is 2.65. The molecule has 0 amide bonds. The molecule has 0 radical (unpaired) electrons. The third kappa shape index (κ3) is 5.04. The zero-order valence-corrected chi connectivity index (χ0v) is 13.4. The highest BCUT2D eigenvalue weighted by molar-refractivity contribution is 5.87. The van der Waals surface area contributed by atoms with Crippen LogP contribution in [0.15, 0.2) is 30.3 Å². The van der Waals surface area contributed by atoms with Gasteiger partial charge in [0.1, 0.15) is 6.10 Å². The van der Waals surface area contributed by atoms with E-state index < -0.39 is 0 Å². The van der Waals surface area contributed by atoms with Crippen LogP contribution in [-0.2, 0) is 14.9 Å².